The van der Waals surface area contributed by atoms with Crippen LogP contribution in [0.4, 0.5) is 0 Å². The fourth-order valence-electron chi connectivity index (χ4n) is 4.38. The van der Waals surface area contributed by atoms with Gasteiger partial charge >= 0.3 is 0 Å². The van der Waals surface area contributed by atoms with Crippen LogP contribution < -0.4 is 0 Å². The highest BCUT2D eigenvalue weighted by Gasteiger charge is 2.33. The van der Waals surface area contributed by atoms with Crippen molar-refractivity contribution in [3.8, 4) is 5.69 Å². The third kappa shape index (κ3) is 2.04. The summed E-state index contributed by atoms with van der Waals surface area (Å²) in [6.45, 7) is 4.63. The van der Waals surface area contributed by atoms with E-state index in [9.17, 15) is 0 Å². The number of allylic oxidation sites excluding steroid dienone is 1. The van der Waals surface area contributed by atoms with Crippen LogP contribution >= 0.6 is 0 Å². The number of nitrogens with zero attached hydrogens (tertiary/aromatic N) is 1. The molecule has 0 bridgehead atoms. The van der Waals surface area contributed by atoms with Gasteiger partial charge in [0.1, 0.15) is 0 Å². The Morgan fingerprint density at radius 3 is 2.08 bits per heavy atom. The van der Waals surface area contributed by atoms with Crippen molar-refractivity contribution in [3.05, 3.63) is 107 Å². The van der Waals surface area contributed by atoms with E-state index in [1.165, 1.54) is 44.6 Å². The van der Waals surface area contributed by atoms with E-state index in [1.54, 1.807) is 0 Å². The topological polar surface area (TPSA) is 4.93 Å². The fraction of sp³-hybridized carbons (Fsp3) is 0.120. The van der Waals surface area contributed by atoms with Gasteiger partial charge in [0, 0.05) is 22.6 Å². The summed E-state index contributed by atoms with van der Waals surface area (Å²) in [6, 6.07) is 30.3. The molecule has 1 heterocycles. The second-order valence-corrected chi connectivity index (χ2v) is 7.10. The first-order chi connectivity index (χ1) is 12.8. The lowest BCUT2D eigenvalue weighted by molar-refractivity contribution is 0.926. The van der Waals surface area contributed by atoms with Crippen molar-refractivity contribution in [2.24, 2.45) is 0 Å². The van der Waals surface area contributed by atoms with Crippen LogP contribution in [0.2, 0.25) is 0 Å². The molecule has 26 heavy (non-hydrogen) atoms. The third-order valence-electron chi connectivity index (χ3n) is 5.70. The van der Waals surface area contributed by atoms with Crippen LogP contribution in [0.1, 0.15) is 36.6 Å². The number of para-hydroxylation sites is 2. The van der Waals surface area contributed by atoms with E-state index < -0.39 is 0 Å². The van der Waals surface area contributed by atoms with Crippen LogP contribution in [-0.2, 0) is 0 Å². The minimum absolute atomic E-state index is 0.426. The smallest absolute Gasteiger partial charge is 0.0584 e. The van der Waals surface area contributed by atoms with E-state index in [2.05, 4.69) is 103 Å². The zero-order chi connectivity index (χ0) is 17.7. The summed E-state index contributed by atoms with van der Waals surface area (Å²) in [7, 11) is 0. The van der Waals surface area contributed by atoms with E-state index in [-0.39, 0.29) is 0 Å². The van der Waals surface area contributed by atoms with Crippen molar-refractivity contribution in [2.75, 3.05) is 0 Å². The van der Waals surface area contributed by atoms with Crippen molar-refractivity contribution in [2.45, 2.75) is 19.8 Å². The maximum Gasteiger partial charge on any atom is 0.0584 e. The summed E-state index contributed by atoms with van der Waals surface area (Å²) < 4.78 is 2.44. The Bertz CT molecular complexity index is 1130. The molecule has 4 aromatic rings. The van der Waals surface area contributed by atoms with Gasteiger partial charge in [-0.05, 0) is 36.2 Å². The number of benzene rings is 3. The molecule has 0 saturated heterocycles. The van der Waals surface area contributed by atoms with Crippen LogP contribution in [0, 0.1) is 0 Å². The number of aromatic nitrogens is 1. The van der Waals surface area contributed by atoms with Crippen molar-refractivity contribution < 1.29 is 0 Å². The molecule has 0 fully saturated rings. The zero-order valence-corrected chi connectivity index (χ0v) is 15.1. The zero-order valence-electron chi connectivity index (χ0n) is 15.1. The summed E-state index contributed by atoms with van der Waals surface area (Å²) in [4.78, 5) is 0. The van der Waals surface area contributed by atoms with Gasteiger partial charge in [0.2, 0.25) is 0 Å². The SMILES string of the molecule is CC1=C(c2ccccc2)c2c(c3ccccc3n2-c2ccccc2)C1C. The number of fused-ring (bicyclic) bond motifs is 3. The second-order valence-electron chi connectivity index (χ2n) is 7.10. The highest BCUT2D eigenvalue weighted by Crippen LogP contribution is 2.49. The average Bonchev–Trinajstić information content (AvgIpc) is 3.16. The highest BCUT2D eigenvalue weighted by atomic mass is 15.0. The molecule has 3 aromatic carbocycles. The first-order valence-corrected chi connectivity index (χ1v) is 9.22. The third-order valence-corrected chi connectivity index (χ3v) is 5.70. The Hall–Kier alpha value is -3.06. The molecule has 0 saturated carbocycles. The van der Waals surface area contributed by atoms with E-state index in [1.807, 2.05) is 0 Å². The van der Waals surface area contributed by atoms with Crippen molar-refractivity contribution in [3.63, 3.8) is 0 Å². The van der Waals surface area contributed by atoms with E-state index in [4.69, 9.17) is 0 Å². The van der Waals surface area contributed by atoms with Gasteiger partial charge in [0.25, 0.3) is 0 Å². The lowest BCUT2D eigenvalue weighted by Crippen LogP contribution is -2.00. The molecule has 5 rings (SSSR count). The summed E-state index contributed by atoms with van der Waals surface area (Å²) in [5.41, 5.74) is 9.46. The van der Waals surface area contributed by atoms with Gasteiger partial charge in [-0.25, -0.2) is 0 Å². The maximum atomic E-state index is 2.44. The lowest BCUT2D eigenvalue weighted by Gasteiger charge is -2.14. The molecule has 1 heteroatoms. The molecule has 126 valence electrons. The molecule has 0 aliphatic heterocycles. The standard InChI is InChI=1S/C25H21N/c1-17-18(2)24-21-15-9-10-16-22(21)26(20-13-7-4-8-14-20)25(24)23(17)19-11-5-3-6-12-19/h3-16,18H,1-2H3. The molecule has 1 aliphatic carbocycles. The summed E-state index contributed by atoms with van der Waals surface area (Å²) in [5, 5.41) is 1.36. The van der Waals surface area contributed by atoms with Crippen molar-refractivity contribution in [1.82, 2.24) is 4.57 Å². The monoisotopic (exact) mass is 335 g/mol. The number of hydrogen-bond acceptors (Lipinski definition) is 0. The van der Waals surface area contributed by atoms with Gasteiger partial charge in [-0.3, -0.25) is 0 Å². The molecule has 1 nitrogen and oxygen atoms in total. The Kier molecular flexibility index (Phi) is 3.36. The fourth-order valence-corrected chi connectivity index (χ4v) is 4.38. The summed E-state index contributed by atoms with van der Waals surface area (Å²) in [5.74, 6) is 0.426. The normalized spacial score (nSPS) is 16.3. The molecule has 1 aromatic heterocycles. The Balaban J connectivity index is 1.92. The van der Waals surface area contributed by atoms with Gasteiger partial charge in [0.15, 0.2) is 0 Å². The minimum atomic E-state index is 0.426. The van der Waals surface area contributed by atoms with E-state index in [0.717, 1.165) is 0 Å². The first kappa shape index (κ1) is 15.2. The molecule has 0 radical (unpaired) electrons. The predicted octanol–water partition coefficient (Wildman–Crippen LogP) is 6.57. The number of hydrogen-bond donors (Lipinski definition) is 0. The van der Waals surface area contributed by atoms with Crippen molar-refractivity contribution >= 4 is 16.5 Å². The largest absolute Gasteiger partial charge is 0.309 e. The van der Waals surface area contributed by atoms with Gasteiger partial charge < -0.3 is 4.57 Å². The Labute approximate surface area is 154 Å². The molecule has 1 aliphatic rings. The molecular weight excluding hydrogens is 314 g/mol. The van der Waals surface area contributed by atoms with Crippen LogP contribution in [0.5, 0.6) is 0 Å². The highest BCUT2D eigenvalue weighted by molar-refractivity contribution is 5.99. The first-order valence-electron chi connectivity index (χ1n) is 9.22. The number of rotatable bonds is 2. The summed E-state index contributed by atoms with van der Waals surface area (Å²) in [6.07, 6.45) is 0. The van der Waals surface area contributed by atoms with Crippen LogP contribution in [-0.4, -0.2) is 4.57 Å². The van der Waals surface area contributed by atoms with E-state index >= 15 is 0 Å². The molecule has 1 unspecified atom stereocenters. The summed E-state index contributed by atoms with van der Waals surface area (Å²) >= 11 is 0. The van der Waals surface area contributed by atoms with Gasteiger partial charge in [-0.1, -0.05) is 79.2 Å². The maximum absolute atomic E-state index is 2.44. The molecule has 0 N–H and O–H groups in total. The van der Waals surface area contributed by atoms with Crippen molar-refractivity contribution in [1.29, 1.82) is 0 Å². The molecule has 1 atom stereocenters. The Morgan fingerprint density at radius 1 is 0.731 bits per heavy atom. The predicted molar refractivity (Wildman–Crippen MR) is 110 cm³/mol. The second kappa shape index (κ2) is 5.74. The average molecular weight is 335 g/mol. The Morgan fingerprint density at radius 2 is 1.35 bits per heavy atom. The quantitative estimate of drug-likeness (QED) is 0.390. The van der Waals surface area contributed by atoms with Crippen LogP contribution in [0.25, 0.3) is 22.2 Å². The van der Waals surface area contributed by atoms with Gasteiger partial charge in [-0.2, -0.15) is 0 Å². The van der Waals surface area contributed by atoms with Gasteiger partial charge in [0.05, 0.1) is 11.2 Å². The molecule has 0 spiro atoms. The molecular formula is C25H21N. The van der Waals surface area contributed by atoms with Gasteiger partial charge in [-0.15, -0.1) is 0 Å². The van der Waals surface area contributed by atoms with Crippen LogP contribution in [0.3, 0.4) is 0 Å². The molecule has 0 amide bonds. The van der Waals surface area contributed by atoms with E-state index in [0.29, 0.717) is 5.92 Å². The van der Waals surface area contributed by atoms with Crippen LogP contribution in [0.15, 0.2) is 90.5 Å². The minimum Gasteiger partial charge on any atom is -0.309 e. The lowest BCUT2D eigenvalue weighted by atomic mass is 9.97.